The van der Waals surface area contributed by atoms with Gasteiger partial charge in [0, 0.05) is 25.8 Å². The second-order valence-electron chi connectivity index (χ2n) is 4.87. The van der Waals surface area contributed by atoms with Crippen LogP contribution in [0, 0.1) is 0 Å². The van der Waals surface area contributed by atoms with Crippen LogP contribution in [0.25, 0.3) is 0 Å². The predicted octanol–water partition coefficient (Wildman–Crippen LogP) is 1.00. The van der Waals surface area contributed by atoms with Crippen LogP contribution in [0.4, 0.5) is 5.69 Å². The number of nitrogens with one attached hydrogen (secondary N) is 2. The molecule has 1 aromatic rings. The minimum atomic E-state index is 0.0555. The van der Waals surface area contributed by atoms with Gasteiger partial charge in [0.1, 0.15) is 0 Å². The van der Waals surface area contributed by atoms with Crippen LogP contribution < -0.4 is 10.6 Å². The number of amides is 1. The molecule has 1 fully saturated rings. The molecule has 0 radical (unpaired) electrons. The second kappa shape index (κ2) is 7.25. The number of methoxy groups -OCH3 is 1. The lowest BCUT2D eigenvalue weighted by atomic mass is 10.1. The molecule has 1 amide bonds. The van der Waals surface area contributed by atoms with Crippen LogP contribution in [0.1, 0.15) is 25.7 Å². The molecule has 1 aromatic heterocycles. The first kappa shape index (κ1) is 14.0. The lowest BCUT2D eigenvalue weighted by Crippen LogP contribution is -2.23. The van der Waals surface area contributed by atoms with E-state index in [0.717, 1.165) is 18.7 Å². The Kier molecular flexibility index (Phi) is 5.35. The molecule has 1 atom stereocenters. The normalized spacial score (nSPS) is 18.7. The number of carbonyl (C=O) groups excluding carboxylic acids is 1. The molecule has 6 heteroatoms. The summed E-state index contributed by atoms with van der Waals surface area (Å²) in [6.45, 7) is 2.39. The van der Waals surface area contributed by atoms with Gasteiger partial charge in [-0.05, 0) is 25.8 Å². The molecular formula is C13H22N4O2. The van der Waals surface area contributed by atoms with Crippen molar-refractivity contribution in [1.82, 2.24) is 15.1 Å². The van der Waals surface area contributed by atoms with Crippen LogP contribution in [-0.4, -0.2) is 42.0 Å². The molecule has 0 aliphatic carbocycles. The van der Waals surface area contributed by atoms with Gasteiger partial charge in [-0.15, -0.1) is 0 Å². The molecule has 1 aliphatic rings. The first-order valence-corrected chi connectivity index (χ1v) is 6.82. The topological polar surface area (TPSA) is 68.2 Å². The van der Waals surface area contributed by atoms with Gasteiger partial charge in [0.25, 0.3) is 0 Å². The van der Waals surface area contributed by atoms with Gasteiger partial charge in [0.15, 0.2) is 0 Å². The van der Waals surface area contributed by atoms with E-state index in [2.05, 4.69) is 15.7 Å². The maximum Gasteiger partial charge on any atom is 0.224 e. The highest BCUT2D eigenvalue weighted by atomic mass is 16.5. The van der Waals surface area contributed by atoms with Gasteiger partial charge >= 0.3 is 0 Å². The summed E-state index contributed by atoms with van der Waals surface area (Å²) >= 11 is 0. The molecule has 1 unspecified atom stereocenters. The van der Waals surface area contributed by atoms with Crippen molar-refractivity contribution in [2.75, 3.05) is 25.6 Å². The first-order valence-electron chi connectivity index (χ1n) is 6.82. The van der Waals surface area contributed by atoms with E-state index in [1.807, 2.05) is 6.20 Å². The quantitative estimate of drug-likeness (QED) is 0.772. The molecule has 6 nitrogen and oxygen atoms in total. The van der Waals surface area contributed by atoms with Crippen molar-refractivity contribution in [1.29, 1.82) is 0 Å². The Morgan fingerprint density at radius 1 is 1.68 bits per heavy atom. The fraction of sp³-hybridized carbons (Fsp3) is 0.692. The van der Waals surface area contributed by atoms with Crippen LogP contribution in [0.3, 0.4) is 0 Å². The minimum absolute atomic E-state index is 0.0555. The largest absolute Gasteiger partial charge is 0.383 e. The predicted molar refractivity (Wildman–Crippen MR) is 73.0 cm³/mol. The van der Waals surface area contributed by atoms with Crippen LogP contribution in [0.15, 0.2) is 12.4 Å². The Balaban J connectivity index is 1.70. The van der Waals surface area contributed by atoms with E-state index >= 15 is 0 Å². The molecular weight excluding hydrogens is 244 g/mol. The fourth-order valence-corrected chi connectivity index (χ4v) is 2.27. The average molecular weight is 266 g/mol. The number of ether oxygens (including phenoxy) is 1. The number of anilines is 1. The number of aromatic nitrogens is 2. The van der Waals surface area contributed by atoms with Crippen molar-refractivity contribution in [2.24, 2.45) is 0 Å². The molecule has 2 rings (SSSR count). The highest BCUT2D eigenvalue weighted by Crippen LogP contribution is 2.12. The van der Waals surface area contributed by atoms with Crippen LogP contribution >= 0.6 is 0 Å². The Bertz CT molecular complexity index is 399. The molecule has 19 heavy (non-hydrogen) atoms. The zero-order valence-corrected chi connectivity index (χ0v) is 11.4. The summed E-state index contributed by atoms with van der Waals surface area (Å²) in [5.41, 5.74) is 0.750. The molecule has 2 heterocycles. The van der Waals surface area contributed by atoms with Gasteiger partial charge in [-0.25, -0.2) is 0 Å². The smallest absolute Gasteiger partial charge is 0.224 e. The summed E-state index contributed by atoms with van der Waals surface area (Å²) in [6, 6.07) is 0.509. The van der Waals surface area contributed by atoms with Crippen molar-refractivity contribution in [3.05, 3.63) is 12.4 Å². The standard InChI is InChI=1S/C13H22N4O2/c1-19-8-7-17-10-12(9-15-17)16-13(18)5-4-11-3-2-6-14-11/h9-11,14H,2-8H2,1H3,(H,16,18). The molecule has 0 saturated carbocycles. The molecule has 2 N–H and O–H groups in total. The van der Waals surface area contributed by atoms with Crippen molar-refractivity contribution in [2.45, 2.75) is 38.3 Å². The van der Waals surface area contributed by atoms with E-state index in [1.165, 1.54) is 12.8 Å². The third kappa shape index (κ3) is 4.65. The third-order valence-corrected chi connectivity index (χ3v) is 3.32. The average Bonchev–Trinajstić information content (AvgIpc) is 3.05. The van der Waals surface area contributed by atoms with Crippen molar-refractivity contribution in [3.8, 4) is 0 Å². The van der Waals surface area contributed by atoms with Crippen molar-refractivity contribution < 1.29 is 9.53 Å². The Hall–Kier alpha value is -1.40. The van der Waals surface area contributed by atoms with Gasteiger partial charge < -0.3 is 15.4 Å². The number of carbonyl (C=O) groups is 1. The summed E-state index contributed by atoms with van der Waals surface area (Å²) in [7, 11) is 1.66. The SMILES string of the molecule is COCCn1cc(NC(=O)CCC2CCCN2)cn1. The Morgan fingerprint density at radius 3 is 3.32 bits per heavy atom. The lowest BCUT2D eigenvalue weighted by molar-refractivity contribution is -0.116. The zero-order valence-electron chi connectivity index (χ0n) is 11.4. The number of hydrogen-bond acceptors (Lipinski definition) is 4. The summed E-state index contributed by atoms with van der Waals surface area (Å²) in [5.74, 6) is 0.0555. The highest BCUT2D eigenvalue weighted by molar-refractivity contribution is 5.90. The summed E-state index contributed by atoms with van der Waals surface area (Å²) in [6.07, 6.45) is 7.36. The van der Waals surface area contributed by atoms with Crippen molar-refractivity contribution in [3.63, 3.8) is 0 Å². The summed E-state index contributed by atoms with van der Waals surface area (Å²) < 4.78 is 6.74. The molecule has 1 saturated heterocycles. The summed E-state index contributed by atoms with van der Waals surface area (Å²) in [4.78, 5) is 11.8. The first-order chi connectivity index (χ1) is 9.28. The van der Waals surface area contributed by atoms with Crippen LogP contribution in [0.2, 0.25) is 0 Å². The molecule has 0 bridgehead atoms. The molecule has 0 spiro atoms. The maximum absolute atomic E-state index is 11.8. The van der Waals surface area contributed by atoms with E-state index in [0.29, 0.717) is 25.6 Å². The maximum atomic E-state index is 11.8. The van der Waals surface area contributed by atoms with E-state index in [-0.39, 0.29) is 5.91 Å². The van der Waals surface area contributed by atoms with Crippen LogP contribution in [0.5, 0.6) is 0 Å². The van der Waals surface area contributed by atoms with E-state index in [4.69, 9.17) is 4.74 Å². The van der Waals surface area contributed by atoms with Gasteiger partial charge in [-0.1, -0.05) is 0 Å². The third-order valence-electron chi connectivity index (χ3n) is 3.32. The minimum Gasteiger partial charge on any atom is -0.383 e. The molecule has 106 valence electrons. The molecule has 1 aliphatic heterocycles. The number of rotatable bonds is 7. The number of nitrogens with zero attached hydrogens (tertiary/aromatic N) is 2. The Labute approximate surface area is 113 Å². The molecule has 0 aromatic carbocycles. The Morgan fingerprint density at radius 2 is 2.58 bits per heavy atom. The van der Waals surface area contributed by atoms with Gasteiger partial charge in [-0.3, -0.25) is 9.48 Å². The summed E-state index contributed by atoms with van der Waals surface area (Å²) in [5, 5.41) is 10.4. The van der Waals surface area contributed by atoms with Gasteiger partial charge in [-0.2, -0.15) is 5.10 Å². The second-order valence-corrected chi connectivity index (χ2v) is 4.87. The van der Waals surface area contributed by atoms with Gasteiger partial charge in [0.2, 0.25) is 5.91 Å². The highest BCUT2D eigenvalue weighted by Gasteiger charge is 2.15. The zero-order chi connectivity index (χ0) is 13.5. The van der Waals surface area contributed by atoms with E-state index in [9.17, 15) is 4.79 Å². The lowest BCUT2D eigenvalue weighted by Gasteiger charge is -2.09. The van der Waals surface area contributed by atoms with Crippen LogP contribution in [-0.2, 0) is 16.1 Å². The monoisotopic (exact) mass is 266 g/mol. The number of hydrogen-bond donors (Lipinski definition) is 2. The van der Waals surface area contributed by atoms with Crippen molar-refractivity contribution >= 4 is 11.6 Å². The van der Waals surface area contributed by atoms with E-state index in [1.54, 1.807) is 18.0 Å². The van der Waals surface area contributed by atoms with E-state index < -0.39 is 0 Å². The fourth-order valence-electron chi connectivity index (χ4n) is 2.27. The van der Waals surface area contributed by atoms with Gasteiger partial charge in [0.05, 0.1) is 25.0 Å².